The summed E-state index contributed by atoms with van der Waals surface area (Å²) in [6, 6.07) is 1.39. The molecule has 0 unspecified atom stereocenters. The molecule has 1 fully saturated rings. The summed E-state index contributed by atoms with van der Waals surface area (Å²) < 4.78 is 26.0. The number of hydrogen-bond acceptors (Lipinski definition) is 4. The van der Waals surface area contributed by atoms with Crippen molar-refractivity contribution in [3.63, 3.8) is 0 Å². The summed E-state index contributed by atoms with van der Waals surface area (Å²) in [5.74, 6) is -3.30. The number of hydrogen-bond donors (Lipinski definition) is 1. The SMILES string of the molecule is O=C(NCCN1C(=O)CSC1=O)c1cc(F)c(F)cc1Cl. The molecule has 21 heavy (non-hydrogen) atoms. The van der Waals surface area contributed by atoms with E-state index in [1.54, 1.807) is 0 Å². The zero-order valence-corrected chi connectivity index (χ0v) is 12.1. The summed E-state index contributed by atoms with van der Waals surface area (Å²) in [5, 5.41) is 1.79. The Kier molecular flexibility index (Phi) is 4.79. The highest BCUT2D eigenvalue weighted by atomic mass is 35.5. The molecule has 0 spiro atoms. The maximum Gasteiger partial charge on any atom is 0.288 e. The largest absolute Gasteiger partial charge is 0.350 e. The molecule has 1 aromatic rings. The van der Waals surface area contributed by atoms with E-state index in [-0.39, 0.29) is 40.6 Å². The molecule has 112 valence electrons. The van der Waals surface area contributed by atoms with Crippen LogP contribution < -0.4 is 5.32 Å². The summed E-state index contributed by atoms with van der Waals surface area (Å²) in [5.41, 5.74) is -0.219. The van der Waals surface area contributed by atoms with Gasteiger partial charge in [0.25, 0.3) is 11.1 Å². The standard InChI is InChI=1S/C12H9ClF2N2O3S/c13-7-4-9(15)8(14)3-6(7)11(19)16-1-2-17-10(18)5-21-12(17)20/h3-4H,1-2,5H2,(H,16,19). The average molecular weight is 335 g/mol. The van der Waals surface area contributed by atoms with Gasteiger partial charge in [0.05, 0.1) is 16.3 Å². The van der Waals surface area contributed by atoms with Crippen molar-refractivity contribution in [2.75, 3.05) is 18.8 Å². The third kappa shape index (κ3) is 3.51. The Balaban J connectivity index is 1.95. The van der Waals surface area contributed by atoms with Crippen molar-refractivity contribution < 1.29 is 23.2 Å². The van der Waals surface area contributed by atoms with E-state index in [0.717, 1.165) is 16.7 Å². The molecule has 1 heterocycles. The quantitative estimate of drug-likeness (QED) is 0.856. The van der Waals surface area contributed by atoms with Gasteiger partial charge in [-0.2, -0.15) is 0 Å². The smallest absolute Gasteiger partial charge is 0.288 e. The second-order valence-electron chi connectivity index (χ2n) is 4.10. The zero-order chi connectivity index (χ0) is 15.6. The summed E-state index contributed by atoms with van der Waals surface area (Å²) in [6.07, 6.45) is 0. The van der Waals surface area contributed by atoms with E-state index in [1.807, 2.05) is 0 Å². The van der Waals surface area contributed by atoms with Crippen LogP contribution in [0, 0.1) is 11.6 Å². The number of carbonyl (C=O) groups is 3. The third-order valence-corrected chi connectivity index (χ3v) is 3.89. The number of nitrogens with one attached hydrogen (secondary N) is 1. The van der Waals surface area contributed by atoms with E-state index in [1.165, 1.54) is 0 Å². The molecule has 9 heteroatoms. The average Bonchev–Trinajstić information content (AvgIpc) is 2.74. The molecule has 1 aliphatic rings. The number of thioether (sulfide) groups is 1. The molecular formula is C12H9ClF2N2O3S. The minimum atomic E-state index is -1.19. The fraction of sp³-hybridized carbons (Fsp3) is 0.250. The first kappa shape index (κ1) is 15.7. The van der Waals surface area contributed by atoms with Gasteiger partial charge in [-0.25, -0.2) is 8.78 Å². The number of imide groups is 1. The van der Waals surface area contributed by atoms with Crippen LogP contribution in [0.1, 0.15) is 10.4 Å². The highest BCUT2D eigenvalue weighted by molar-refractivity contribution is 8.14. The Hall–Kier alpha value is -1.67. The number of carbonyl (C=O) groups excluding carboxylic acids is 3. The molecule has 0 bridgehead atoms. The van der Waals surface area contributed by atoms with Crippen LogP contribution in [0.5, 0.6) is 0 Å². The van der Waals surface area contributed by atoms with Crippen molar-refractivity contribution in [2.24, 2.45) is 0 Å². The number of nitrogens with zero attached hydrogens (tertiary/aromatic N) is 1. The van der Waals surface area contributed by atoms with Crippen LogP contribution in [0.25, 0.3) is 0 Å². The van der Waals surface area contributed by atoms with E-state index in [0.29, 0.717) is 12.1 Å². The molecule has 1 aliphatic heterocycles. The molecule has 0 radical (unpaired) electrons. The lowest BCUT2D eigenvalue weighted by molar-refractivity contribution is -0.124. The molecule has 0 aliphatic carbocycles. The number of amides is 3. The van der Waals surface area contributed by atoms with E-state index >= 15 is 0 Å². The topological polar surface area (TPSA) is 66.5 Å². The summed E-state index contributed by atoms with van der Waals surface area (Å²) in [7, 11) is 0. The Bertz CT molecular complexity index is 611. The lowest BCUT2D eigenvalue weighted by Crippen LogP contribution is -2.37. The fourth-order valence-electron chi connectivity index (χ4n) is 1.67. The first-order valence-corrected chi connectivity index (χ1v) is 7.16. The highest BCUT2D eigenvalue weighted by Crippen LogP contribution is 2.20. The van der Waals surface area contributed by atoms with Crippen LogP contribution in [0.2, 0.25) is 5.02 Å². The van der Waals surface area contributed by atoms with E-state index in [4.69, 9.17) is 11.6 Å². The maximum atomic E-state index is 13.1. The zero-order valence-electron chi connectivity index (χ0n) is 10.5. The first-order valence-electron chi connectivity index (χ1n) is 5.80. The van der Waals surface area contributed by atoms with Crippen molar-refractivity contribution in [3.05, 3.63) is 34.4 Å². The molecule has 5 nitrogen and oxygen atoms in total. The van der Waals surface area contributed by atoms with Crippen molar-refractivity contribution in [1.82, 2.24) is 10.2 Å². The van der Waals surface area contributed by atoms with Crippen LogP contribution in [0.3, 0.4) is 0 Å². The second kappa shape index (κ2) is 6.40. The van der Waals surface area contributed by atoms with Crippen molar-refractivity contribution in [1.29, 1.82) is 0 Å². The van der Waals surface area contributed by atoms with Gasteiger partial charge in [-0.15, -0.1) is 0 Å². The van der Waals surface area contributed by atoms with Crippen LogP contribution in [0.15, 0.2) is 12.1 Å². The van der Waals surface area contributed by atoms with Gasteiger partial charge in [0, 0.05) is 13.1 Å². The number of halogens is 3. The van der Waals surface area contributed by atoms with Crippen LogP contribution >= 0.6 is 23.4 Å². The van der Waals surface area contributed by atoms with Crippen LogP contribution in [0.4, 0.5) is 13.6 Å². The number of rotatable bonds is 4. The Morgan fingerprint density at radius 3 is 2.62 bits per heavy atom. The molecule has 0 aromatic heterocycles. The van der Waals surface area contributed by atoms with Gasteiger partial charge >= 0.3 is 0 Å². The first-order chi connectivity index (χ1) is 9.90. The lowest BCUT2D eigenvalue weighted by Gasteiger charge is -2.13. The molecule has 1 aromatic carbocycles. The molecule has 1 saturated heterocycles. The monoisotopic (exact) mass is 334 g/mol. The Labute approximate surface area is 127 Å². The van der Waals surface area contributed by atoms with Gasteiger partial charge in [-0.3, -0.25) is 19.3 Å². The van der Waals surface area contributed by atoms with Gasteiger partial charge in [-0.05, 0) is 12.1 Å². The minimum absolute atomic E-state index is 0.00774. The maximum absolute atomic E-state index is 13.1. The lowest BCUT2D eigenvalue weighted by atomic mass is 10.2. The molecule has 0 saturated carbocycles. The van der Waals surface area contributed by atoms with Crippen molar-refractivity contribution in [3.8, 4) is 0 Å². The predicted octanol–water partition coefficient (Wildman–Crippen LogP) is 2.04. The summed E-state index contributed by atoms with van der Waals surface area (Å²) in [6.45, 7) is 0.00387. The van der Waals surface area contributed by atoms with Crippen molar-refractivity contribution >= 4 is 40.4 Å². The fourth-order valence-corrected chi connectivity index (χ4v) is 2.66. The van der Waals surface area contributed by atoms with E-state index < -0.39 is 17.5 Å². The highest BCUT2D eigenvalue weighted by Gasteiger charge is 2.29. The molecule has 2 rings (SSSR count). The van der Waals surface area contributed by atoms with Gasteiger partial charge in [0.2, 0.25) is 5.91 Å². The van der Waals surface area contributed by atoms with Crippen molar-refractivity contribution in [2.45, 2.75) is 0 Å². The van der Waals surface area contributed by atoms with Crippen LogP contribution in [-0.2, 0) is 4.79 Å². The Morgan fingerprint density at radius 1 is 1.33 bits per heavy atom. The van der Waals surface area contributed by atoms with Gasteiger partial charge in [-0.1, -0.05) is 23.4 Å². The second-order valence-corrected chi connectivity index (χ2v) is 5.44. The van der Waals surface area contributed by atoms with E-state index in [2.05, 4.69) is 5.32 Å². The predicted molar refractivity (Wildman–Crippen MR) is 73.3 cm³/mol. The minimum Gasteiger partial charge on any atom is -0.350 e. The van der Waals surface area contributed by atoms with Gasteiger partial charge in [0.1, 0.15) is 0 Å². The van der Waals surface area contributed by atoms with Gasteiger partial charge in [0.15, 0.2) is 11.6 Å². The molecular weight excluding hydrogens is 326 g/mol. The van der Waals surface area contributed by atoms with E-state index in [9.17, 15) is 23.2 Å². The summed E-state index contributed by atoms with van der Waals surface area (Å²) in [4.78, 5) is 35.4. The number of benzene rings is 1. The van der Waals surface area contributed by atoms with Crippen LogP contribution in [-0.4, -0.2) is 40.8 Å². The summed E-state index contributed by atoms with van der Waals surface area (Å²) >= 11 is 6.55. The third-order valence-electron chi connectivity index (χ3n) is 2.72. The van der Waals surface area contributed by atoms with Gasteiger partial charge < -0.3 is 5.32 Å². The normalized spacial score (nSPS) is 14.7. The Morgan fingerprint density at radius 2 is 2.00 bits per heavy atom. The molecule has 0 atom stereocenters. The molecule has 1 N–H and O–H groups in total. The molecule has 3 amide bonds.